The van der Waals surface area contributed by atoms with Gasteiger partial charge >= 0.3 is 72.3 Å². The molecule has 0 aromatic heterocycles. The molecular formula is C93H86BrCl2F15IN15O9Sn. The van der Waals surface area contributed by atoms with Crippen molar-refractivity contribution in [1.29, 1.82) is 26.3 Å². The Morgan fingerprint density at radius 1 is 0.401 bits per heavy atom. The Labute approximate surface area is 819 Å². The van der Waals surface area contributed by atoms with Crippen molar-refractivity contribution in [3.63, 3.8) is 0 Å². The zero-order chi connectivity index (χ0) is 103. The third-order valence-electron chi connectivity index (χ3n) is 17.5. The van der Waals surface area contributed by atoms with Gasteiger partial charge in [0.05, 0.1) is 84.3 Å². The van der Waals surface area contributed by atoms with E-state index in [1.807, 2.05) is 56.2 Å². The van der Waals surface area contributed by atoms with Crippen LogP contribution in [0.1, 0.15) is 77.9 Å². The molecule has 0 fully saturated rings. The van der Waals surface area contributed by atoms with Crippen LogP contribution in [0.4, 0.5) is 94.3 Å². The SMILES string of the molecule is C=C(F)CBr.CN(C)Cc1cc(C=C(F)F)c(C#N)cc1Oc1ccccc1N.CN(C)Cc1cc(C=C(F)F)c(C#N)cc1Oc1ccccc1[N+](=O)[O-].CN(C)Cc1cc(CC(F)(F)C(F)(F)F)c(C#N)cc1Oc1ccccc1N.CN(C)Cc1cc(CC([18F])([18F])C([18F])([18F])[18F])c(C#N)cc1Oc1ccccc1N.CN(C)Cc1cc(I)c(C#N)cc1Oc1ccccc1[N+](=O)[O-].[Cl][Sn][Cl]. The number of nitro groups is 2. The van der Waals surface area contributed by atoms with Gasteiger partial charge in [0.1, 0.15) is 57.9 Å². The standard InChI is InChI=1S/2C19H18F5N3O.C18H15F2N3O3.C18H17F2N3O.C16H14IN3O3.C3H4BrF.2ClH.Sn/c2*1-27(2)11-14-7-12(9-18(20,21)19(22,23)24)13(10-25)8-17(14)28-16-6-4-3-5-15(16)26;1-22(2)11-14-7-12(9-18(19)20)13(10-21)8-17(14)26-16-6-4-3-5-15(16)23(24)25;1-23(2)11-14-7-12(9-18(19)20)13(10-21)8-17(14)24-16-6-4-3-5-15(16)22;1-19(2)10-12-7-13(17)11(9-18)8-16(12)23-15-6-4-3-5-14(15)20(21)22;1-3(5)2-4;;;/h2*3-8H,9,11,26H2,1-2H3;3-9H,11H2,1-2H3;3-9H,11,22H2,1-2H3;3-8H,10H2,1-2H3;1-2H2;2*1H;/q;;;;;;;;+2/p-2/i20-1,21-1,22-1,23-1,24-1;;;;;;;;. The number of ether oxygens (including phenoxy) is 5. The van der Waals surface area contributed by atoms with Crippen molar-refractivity contribution in [2.24, 2.45) is 0 Å². The molecule has 10 rings (SSSR count). The Balaban J connectivity index is 0.000000351. The predicted molar refractivity (Wildman–Crippen MR) is 506 cm³/mol. The summed E-state index contributed by atoms with van der Waals surface area (Å²) in [6.07, 6.45) is -17.2. The summed E-state index contributed by atoms with van der Waals surface area (Å²) in [5.41, 5.74) is 20.3. The van der Waals surface area contributed by atoms with Crippen LogP contribution in [0.15, 0.2) is 207 Å². The number of allylic oxidation sites excluding steroid dienone is 1. The first-order valence-corrected chi connectivity index (χ1v) is 48.6. The molecule has 10 aromatic rings. The van der Waals surface area contributed by atoms with E-state index in [9.17, 15) is 112 Å². The van der Waals surface area contributed by atoms with Crippen LogP contribution >= 0.6 is 56.4 Å². The number of hydrogen-bond donors (Lipinski definition) is 3. The minimum absolute atomic E-state index is 0.00126. The number of hydrogen-bond acceptors (Lipinski definition) is 22. The molecular weight excluding hydrogens is 2150 g/mol. The van der Waals surface area contributed by atoms with E-state index in [2.05, 4.69) is 51.2 Å². The predicted octanol–water partition coefficient (Wildman–Crippen LogP) is 25.0. The fraction of sp³-hybridized carbons (Fsp3) is 0.237. The molecule has 0 aliphatic rings. The zero-order valence-electron chi connectivity index (χ0n) is 74.3. The second-order valence-corrected chi connectivity index (χ2v) is 35.9. The molecule has 0 unspecified atom stereocenters. The summed E-state index contributed by atoms with van der Waals surface area (Å²) in [5.74, 6) is -7.72. The number of nitriles is 5. The van der Waals surface area contributed by atoms with Crippen molar-refractivity contribution in [3.8, 4) is 87.8 Å². The monoisotopic (exact) mass is 2230 g/mol. The molecule has 0 saturated heterocycles. The molecule has 0 amide bonds. The van der Waals surface area contributed by atoms with Gasteiger partial charge in [-0.15, -0.1) is 0 Å². The molecule has 6 N–H and O–H groups in total. The molecule has 44 heteroatoms. The Bertz CT molecular complexity index is 5980. The Morgan fingerprint density at radius 2 is 0.628 bits per heavy atom. The van der Waals surface area contributed by atoms with E-state index in [0.717, 1.165) is 33.4 Å². The van der Waals surface area contributed by atoms with E-state index in [4.69, 9.17) is 58.7 Å². The minimum atomic E-state index is -5.71. The number of nitrogens with zero attached hydrogens (tertiary/aromatic N) is 12. The number of anilines is 3. The van der Waals surface area contributed by atoms with Gasteiger partial charge in [-0.1, -0.05) is 83.2 Å². The number of nitrogens with two attached hydrogens (primary N) is 3. The Kier molecular flexibility index (Phi) is 47.3. The maximum atomic E-state index is 13.5. The van der Waals surface area contributed by atoms with Crippen LogP contribution in [0.25, 0.3) is 12.2 Å². The van der Waals surface area contributed by atoms with Crippen LogP contribution < -0.4 is 40.9 Å². The fourth-order valence-corrected chi connectivity index (χ4v) is 12.3. The number of nitro benzene ring substituents is 2. The topological polar surface area (TPSA) is 346 Å². The van der Waals surface area contributed by atoms with Gasteiger partial charge in [0, 0.05) is 101 Å². The molecule has 724 valence electrons. The summed E-state index contributed by atoms with van der Waals surface area (Å²) < 4.78 is 221. The van der Waals surface area contributed by atoms with Gasteiger partial charge in [-0.25, -0.2) is 4.39 Å². The molecule has 0 spiro atoms. The van der Waals surface area contributed by atoms with Crippen molar-refractivity contribution in [1.82, 2.24) is 24.5 Å². The first kappa shape index (κ1) is 117. The normalized spacial score (nSPS) is 10.9. The molecule has 0 aliphatic carbocycles. The van der Waals surface area contributed by atoms with Crippen LogP contribution in [0, 0.1) is 80.5 Å². The number of halogens is 19. The number of para-hydroxylation sites is 10. The van der Waals surface area contributed by atoms with Gasteiger partial charge in [0.25, 0.3) is 12.2 Å². The van der Waals surface area contributed by atoms with Crippen molar-refractivity contribution < 1.29 is 99.4 Å². The number of alkyl halides is 11. The number of benzene rings is 10. The molecule has 24 nitrogen and oxygen atoms in total. The summed E-state index contributed by atoms with van der Waals surface area (Å²) in [6, 6.07) is 55.0. The second-order valence-electron chi connectivity index (χ2n) is 29.9. The van der Waals surface area contributed by atoms with Crippen LogP contribution in [-0.2, 0) is 45.6 Å². The van der Waals surface area contributed by atoms with Gasteiger partial charge in [-0.3, -0.25) is 20.2 Å². The fourth-order valence-electron chi connectivity index (χ4n) is 11.7. The van der Waals surface area contributed by atoms with Gasteiger partial charge in [0.2, 0.25) is 11.5 Å². The summed E-state index contributed by atoms with van der Waals surface area (Å²) in [6.45, 7) is 4.73. The van der Waals surface area contributed by atoms with Gasteiger partial charge in [-0.05, 0) is 225 Å². The molecule has 0 bridgehead atoms. The van der Waals surface area contributed by atoms with E-state index in [1.54, 1.807) is 172 Å². The summed E-state index contributed by atoms with van der Waals surface area (Å²) >= 11 is 4.11. The van der Waals surface area contributed by atoms with Gasteiger partial charge in [-0.2, -0.15) is 87.8 Å². The number of rotatable bonds is 29. The van der Waals surface area contributed by atoms with E-state index in [0.29, 0.717) is 93.9 Å². The molecule has 10 aromatic carbocycles. The maximum absolute atomic E-state index is 13.5. The van der Waals surface area contributed by atoms with E-state index in [-0.39, 0.29) is 109 Å². The van der Waals surface area contributed by atoms with Crippen molar-refractivity contribution in [2.75, 3.05) is 93.0 Å². The van der Waals surface area contributed by atoms with Crippen molar-refractivity contribution >= 4 is 116 Å². The molecule has 0 aliphatic heterocycles. The van der Waals surface area contributed by atoms with E-state index in [1.165, 1.54) is 48.5 Å². The Hall–Kier alpha value is -12.6. The quantitative estimate of drug-likeness (QED) is 0.00745. The van der Waals surface area contributed by atoms with Crippen molar-refractivity contribution in [3.05, 3.63) is 308 Å². The first-order chi connectivity index (χ1) is 64.2. The van der Waals surface area contributed by atoms with E-state index >= 15 is 0 Å². The van der Waals surface area contributed by atoms with Gasteiger partial charge in [0.15, 0.2) is 0 Å². The molecule has 0 saturated carbocycles. The average Bonchev–Trinajstić information content (AvgIpc) is 0.727. The molecule has 0 atom stereocenters. The second kappa shape index (κ2) is 55.6. The zero-order valence-corrected chi connectivity index (χ0v) is 82.4. The van der Waals surface area contributed by atoms with Crippen LogP contribution in [0.3, 0.4) is 0 Å². The van der Waals surface area contributed by atoms with Crippen LogP contribution in [-0.4, -0.2) is 153 Å². The van der Waals surface area contributed by atoms with Crippen LogP contribution in [0.5, 0.6) is 57.5 Å². The average molecular weight is 2230 g/mol. The molecule has 0 heterocycles. The summed E-state index contributed by atoms with van der Waals surface area (Å²) in [7, 11) is 27.7. The third kappa shape index (κ3) is 38.1. The molecule has 137 heavy (non-hydrogen) atoms. The van der Waals surface area contributed by atoms with E-state index < -0.39 is 89.1 Å². The summed E-state index contributed by atoms with van der Waals surface area (Å²) in [5, 5.41) is 68.7. The third-order valence-corrected chi connectivity index (χ3v) is 19.0. The van der Waals surface area contributed by atoms with Crippen molar-refractivity contribution in [2.45, 2.75) is 69.8 Å². The van der Waals surface area contributed by atoms with Crippen LogP contribution in [0.2, 0.25) is 0 Å². The Morgan fingerprint density at radius 3 is 0.861 bits per heavy atom. The first-order valence-electron chi connectivity index (χ1n) is 39.1. The number of nitrogen functional groups attached to an aromatic ring is 3. The summed E-state index contributed by atoms with van der Waals surface area (Å²) in [4.78, 5) is 30.2. The van der Waals surface area contributed by atoms with Gasteiger partial charge < -0.3 is 65.4 Å². The molecule has 2 radical (unpaired) electrons.